The number of hydrogen-bond acceptors (Lipinski definition) is 4. The SMILES string of the molecule is CCOCC(C)(N)c1nc(C(C)C)cs1. The summed E-state index contributed by atoms with van der Waals surface area (Å²) in [5, 5.41) is 3.04. The molecule has 0 radical (unpaired) electrons. The van der Waals surface area contributed by atoms with E-state index >= 15 is 0 Å². The average Bonchev–Trinajstić information content (AvgIpc) is 2.64. The van der Waals surface area contributed by atoms with Gasteiger partial charge in [0.15, 0.2) is 0 Å². The summed E-state index contributed by atoms with van der Waals surface area (Å²) in [5.74, 6) is 0.456. The van der Waals surface area contributed by atoms with Crippen LogP contribution < -0.4 is 5.73 Å². The number of aromatic nitrogens is 1. The first kappa shape index (κ1) is 12.6. The molecule has 0 saturated heterocycles. The number of ether oxygens (including phenoxy) is 1. The van der Waals surface area contributed by atoms with Crippen LogP contribution in [0.3, 0.4) is 0 Å². The van der Waals surface area contributed by atoms with Gasteiger partial charge >= 0.3 is 0 Å². The van der Waals surface area contributed by atoms with Crippen LogP contribution in [-0.2, 0) is 10.3 Å². The van der Waals surface area contributed by atoms with Crippen LogP contribution in [0.4, 0.5) is 0 Å². The monoisotopic (exact) mass is 228 g/mol. The van der Waals surface area contributed by atoms with Gasteiger partial charge in [0.25, 0.3) is 0 Å². The largest absolute Gasteiger partial charge is 0.379 e. The summed E-state index contributed by atoms with van der Waals surface area (Å²) in [5.41, 5.74) is 6.81. The minimum Gasteiger partial charge on any atom is -0.379 e. The van der Waals surface area contributed by atoms with Crippen molar-refractivity contribution < 1.29 is 4.74 Å². The first-order chi connectivity index (χ1) is 6.97. The van der Waals surface area contributed by atoms with E-state index in [0.717, 1.165) is 10.7 Å². The van der Waals surface area contributed by atoms with Crippen LogP contribution in [0.1, 0.15) is 44.3 Å². The fraction of sp³-hybridized carbons (Fsp3) is 0.727. The van der Waals surface area contributed by atoms with E-state index in [4.69, 9.17) is 10.5 Å². The molecule has 3 nitrogen and oxygen atoms in total. The van der Waals surface area contributed by atoms with Crippen LogP contribution in [0.15, 0.2) is 5.38 Å². The van der Waals surface area contributed by atoms with Crippen molar-refractivity contribution in [1.29, 1.82) is 0 Å². The average molecular weight is 228 g/mol. The van der Waals surface area contributed by atoms with Gasteiger partial charge in [-0.2, -0.15) is 0 Å². The number of nitrogens with zero attached hydrogens (tertiary/aromatic N) is 1. The van der Waals surface area contributed by atoms with Gasteiger partial charge < -0.3 is 10.5 Å². The van der Waals surface area contributed by atoms with E-state index in [1.165, 1.54) is 0 Å². The third-order valence-corrected chi connectivity index (χ3v) is 3.35. The number of hydrogen-bond donors (Lipinski definition) is 1. The van der Waals surface area contributed by atoms with Crippen LogP contribution >= 0.6 is 11.3 Å². The summed E-state index contributed by atoms with van der Waals surface area (Å²) < 4.78 is 5.36. The van der Waals surface area contributed by atoms with Crippen LogP contribution in [0, 0.1) is 0 Å². The Labute approximate surface area is 95.7 Å². The van der Waals surface area contributed by atoms with Crippen molar-refractivity contribution in [3.05, 3.63) is 16.1 Å². The second-order valence-electron chi connectivity index (χ2n) is 4.29. The lowest BCUT2D eigenvalue weighted by Crippen LogP contribution is -2.38. The smallest absolute Gasteiger partial charge is 0.115 e. The Hall–Kier alpha value is -0.450. The maximum absolute atomic E-state index is 6.16. The molecular weight excluding hydrogens is 208 g/mol. The van der Waals surface area contributed by atoms with Crippen molar-refractivity contribution in [1.82, 2.24) is 4.98 Å². The molecule has 2 N–H and O–H groups in total. The molecule has 0 aliphatic carbocycles. The first-order valence-corrected chi connectivity index (χ1v) is 6.18. The van der Waals surface area contributed by atoms with Crippen LogP contribution in [0.2, 0.25) is 0 Å². The predicted octanol–water partition coefficient (Wildman–Crippen LogP) is 2.48. The van der Waals surface area contributed by atoms with E-state index in [2.05, 4.69) is 24.2 Å². The zero-order chi connectivity index (χ0) is 11.5. The molecular formula is C11H20N2OS. The zero-order valence-electron chi connectivity index (χ0n) is 9.91. The van der Waals surface area contributed by atoms with Gasteiger partial charge in [-0.15, -0.1) is 11.3 Å². The van der Waals surface area contributed by atoms with Crippen molar-refractivity contribution in [2.45, 2.75) is 39.2 Å². The van der Waals surface area contributed by atoms with Gasteiger partial charge in [-0.05, 0) is 19.8 Å². The minimum atomic E-state index is -0.464. The van der Waals surface area contributed by atoms with E-state index in [1.54, 1.807) is 11.3 Å². The second-order valence-corrected chi connectivity index (χ2v) is 5.14. The van der Waals surface area contributed by atoms with Crippen molar-refractivity contribution in [3.63, 3.8) is 0 Å². The molecule has 4 heteroatoms. The maximum Gasteiger partial charge on any atom is 0.115 e. The van der Waals surface area contributed by atoms with Gasteiger partial charge in [-0.1, -0.05) is 13.8 Å². The molecule has 1 rings (SSSR count). The number of rotatable bonds is 5. The third-order valence-electron chi connectivity index (χ3n) is 2.21. The molecule has 0 bridgehead atoms. The van der Waals surface area contributed by atoms with Crippen molar-refractivity contribution in [3.8, 4) is 0 Å². The molecule has 86 valence electrons. The van der Waals surface area contributed by atoms with Crippen LogP contribution in [0.25, 0.3) is 0 Å². The number of thiazole rings is 1. The van der Waals surface area contributed by atoms with E-state index < -0.39 is 5.54 Å². The molecule has 0 aliphatic rings. The molecule has 0 saturated carbocycles. The van der Waals surface area contributed by atoms with E-state index in [0.29, 0.717) is 19.1 Å². The van der Waals surface area contributed by atoms with E-state index in [1.807, 2.05) is 13.8 Å². The van der Waals surface area contributed by atoms with Gasteiger partial charge in [0.05, 0.1) is 17.8 Å². The Balaban J connectivity index is 2.76. The molecule has 1 heterocycles. The Kier molecular flexibility index (Phi) is 4.25. The van der Waals surface area contributed by atoms with Crippen molar-refractivity contribution in [2.75, 3.05) is 13.2 Å². The first-order valence-electron chi connectivity index (χ1n) is 5.30. The van der Waals surface area contributed by atoms with Gasteiger partial charge in [0.1, 0.15) is 5.01 Å². The highest BCUT2D eigenvalue weighted by Gasteiger charge is 2.25. The highest BCUT2D eigenvalue weighted by atomic mass is 32.1. The van der Waals surface area contributed by atoms with Crippen molar-refractivity contribution in [2.24, 2.45) is 5.73 Å². The Morgan fingerprint density at radius 1 is 1.60 bits per heavy atom. The highest BCUT2D eigenvalue weighted by Crippen LogP contribution is 2.25. The molecule has 1 unspecified atom stereocenters. The third kappa shape index (κ3) is 3.26. The Morgan fingerprint density at radius 3 is 2.73 bits per heavy atom. The molecule has 0 spiro atoms. The van der Waals surface area contributed by atoms with Gasteiger partial charge in [-0.25, -0.2) is 4.98 Å². The lowest BCUT2D eigenvalue weighted by molar-refractivity contribution is 0.101. The maximum atomic E-state index is 6.16. The minimum absolute atomic E-state index is 0.456. The van der Waals surface area contributed by atoms with Gasteiger partial charge in [0.2, 0.25) is 0 Å². The molecule has 0 aliphatic heterocycles. The molecule has 1 aromatic heterocycles. The summed E-state index contributed by atoms with van der Waals surface area (Å²) in [4.78, 5) is 4.55. The van der Waals surface area contributed by atoms with E-state index in [-0.39, 0.29) is 0 Å². The number of nitrogens with two attached hydrogens (primary N) is 1. The van der Waals surface area contributed by atoms with E-state index in [9.17, 15) is 0 Å². The topological polar surface area (TPSA) is 48.1 Å². The predicted molar refractivity (Wildman–Crippen MR) is 64.2 cm³/mol. The summed E-state index contributed by atoms with van der Waals surface area (Å²) >= 11 is 1.62. The fourth-order valence-corrected chi connectivity index (χ4v) is 2.23. The molecule has 0 aromatic carbocycles. The summed E-state index contributed by atoms with van der Waals surface area (Å²) in [6.07, 6.45) is 0. The van der Waals surface area contributed by atoms with Crippen LogP contribution in [-0.4, -0.2) is 18.2 Å². The highest BCUT2D eigenvalue weighted by molar-refractivity contribution is 7.09. The Bertz CT molecular complexity index is 307. The molecule has 0 fully saturated rings. The van der Waals surface area contributed by atoms with Crippen LogP contribution in [0.5, 0.6) is 0 Å². The summed E-state index contributed by atoms with van der Waals surface area (Å²) in [6, 6.07) is 0. The van der Waals surface area contributed by atoms with Gasteiger partial charge in [0, 0.05) is 12.0 Å². The van der Waals surface area contributed by atoms with Crippen molar-refractivity contribution >= 4 is 11.3 Å². The molecule has 15 heavy (non-hydrogen) atoms. The quantitative estimate of drug-likeness (QED) is 0.842. The molecule has 1 aromatic rings. The summed E-state index contributed by atoms with van der Waals surface area (Å²) in [6.45, 7) is 9.41. The second kappa shape index (κ2) is 5.05. The molecule has 1 atom stereocenters. The zero-order valence-corrected chi connectivity index (χ0v) is 10.7. The standard InChI is InChI=1S/C11H20N2OS/c1-5-14-7-11(4,12)10-13-9(6-15-10)8(2)3/h6,8H,5,7,12H2,1-4H3. The summed E-state index contributed by atoms with van der Waals surface area (Å²) in [7, 11) is 0. The molecule has 0 amide bonds. The lowest BCUT2D eigenvalue weighted by Gasteiger charge is -2.21. The lowest BCUT2D eigenvalue weighted by atomic mass is 10.1. The normalized spacial score (nSPS) is 15.6. The van der Waals surface area contributed by atoms with Gasteiger partial charge in [-0.3, -0.25) is 0 Å². The Morgan fingerprint density at radius 2 is 2.27 bits per heavy atom. The fourth-order valence-electron chi connectivity index (χ4n) is 1.19.